The van der Waals surface area contributed by atoms with Crippen LogP contribution < -0.4 is 0 Å². The maximum Gasteiger partial charge on any atom is 0.0662 e. The predicted molar refractivity (Wildman–Crippen MR) is 191 cm³/mol. The average Bonchev–Trinajstić information content (AvgIpc) is 2.99. The number of hydrogen-bond acceptors (Lipinski definition) is 2. The third-order valence-corrected chi connectivity index (χ3v) is 9.93. The third-order valence-electron chi connectivity index (χ3n) is 8.51. The molecule has 0 saturated heterocycles. The van der Waals surface area contributed by atoms with Crippen LogP contribution in [0.25, 0.3) is 0 Å². The molecule has 0 aromatic rings. The minimum Gasteiger partial charge on any atom is -0.394 e. The minimum absolute atomic E-state index is 0.125. The zero-order valence-electron chi connectivity index (χ0n) is 28.9. The second-order valence-electron chi connectivity index (χ2n) is 12.8. The Morgan fingerprint density at radius 3 is 0.610 bits per heavy atom. The van der Waals surface area contributed by atoms with Crippen molar-refractivity contribution in [2.75, 3.05) is 25.5 Å². The molecule has 0 aromatic heterocycles. The van der Waals surface area contributed by atoms with Crippen LogP contribution in [0.5, 0.6) is 0 Å². The summed E-state index contributed by atoms with van der Waals surface area (Å²) in [4.78, 5) is 0. The van der Waals surface area contributed by atoms with Crippen molar-refractivity contribution in [3.05, 3.63) is 0 Å². The second kappa shape index (κ2) is 44.8. The van der Waals surface area contributed by atoms with Crippen molar-refractivity contribution in [2.45, 2.75) is 219 Å². The molecule has 0 heterocycles. The van der Waals surface area contributed by atoms with Gasteiger partial charge in [0.15, 0.2) is 0 Å². The van der Waals surface area contributed by atoms with Crippen molar-refractivity contribution >= 4 is 8.58 Å². The van der Waals surface area contributed by atoms with E-state index in [1.165, 1.54) is 226 Å². The average molecular weight is 601 g/mol. The van der Waals surface area contributed by atoms with Gasteiger partial charge in [-0.3, -0.25) is 0 Å². The van der Waals surface area contributed by atoms with Gasteiger partial charge >= 0.3 is 0 Å². The smallest absolute Gasteiger partial charge is 0.0662 e. The lowest BCUT2D eigenvalue weighted by atomic mass is 10.0. The van der Waals surface area contributed by atoms with Gasteiger partial charge in [-0.1, -0.05) is 206 Å². The summed E-state index contributed by atoms with van der Waals surface area (Å²) in [5, 5.41) is 15.2. The third kappa shape index (κ3) is 47.5. The van der Waals surface area contributed by atoms with Crippen molar-refractivity contribution in [3.8, 4) is 0 Å². The SMILES string of the molecule is CCCCCCCCCCCCCCCCCCPCCCCCCCCCCCCCCCCCC.OCCO. The molecule has 0 radical (unpaired) electrons. The van der Waals surface area contributed by atoms with Crippen LogP contribution >= 0.6 is 8.58 Å². The first-order chi connectivity index (χ1) is 20.3. The molecule has 0 spiro atoms. The maximum atomic E-state index is 7.62. The molecule has 0 saturated carbocycles. The van der Waals surface area contributed by atoms with Crippen LogP contribution in [0.15, 0.2) is 0 Å². The summed E-state index contributed by atoms with van der Waals surface area (Å²) in [5.41, 5.74) is 0. The molecule has 0 rings (SSSR count). The predicted octanol–water partition coefficient (Wildman–Crippen LogP) is 13.2. The summed E-state index contributed by atoms with van der Waals surface area (Å²) in [5.74, 6) is 0. The molecular weight excluding hydrogens is 519 g/mol. The van der Waals surface area contributed by atoms with Gasteiger partial charge in [0.25, 0.3) is 0 Å². The Balaban J connectivity index is 0. The van der Waals surface area contributed by atoms with E-state index >= 15 is 0 Å². The van der Waals surface area contributed by atoms with Gasteiger partial charge in [-0.2, -0.15) is 0 Å². The molecule has 2 N–H and O–H groups in total. The monoisotopic (exact) mass is 601 g/mol. The molecular formula is C38H81O2P. The van der Waals surface area contributed by atoms with Crippen molar-refractivity contribution in [1.82, 2.24) is 0 Å². The first kappa shape index (κ1) is 43.5. The van der Waals surface area contributed by atoms with E-state index in [1.807, 2.05) is 0 Å². The molecule has 0 aliphatic rings. The molecule has 250 valence electrons. The van der Waals surface area contributed by atoms with Crippen LogP contribution in [-0.2, 0) is 0 Å². The van der Waals surface area contributed by atoms with Crippen LogP contribution in [0.3, 0.4) is 0 Å². The van der Waals surface area contributed by atoms with E-state index < -0.39 is 0 Å². The van der Waals surface area contributed by atoms with Crippen molar-refractivity contribution < 1.29 is 10.2 Å². The zero-order chi connectivity index (χ0) is 30.2. The first-order valence-electron chi connectivity index (χ1n) is 19.3. The van der Waals surface area contributed by atoms with Gasteiger partial charge in [0, 0.05) is 0 Å². The number of hydrogen-bond donors (Lipinski definition) is 2. The lowest BCUT2D eigenvalue weighted by Gasteiger charge is -2.05. The summed E-state index contributed by atoms with van der Waals surface area (Å²) in [6, 6.07) is 0. The minimum atomic E-state index is -0.125. The number of aliphatic hydroxyl groups excluding tert-OH is 2. The summed E-state index contributed by atoms with van der Waals surface area (Å²) in [6.07, 6.45) is 50.5. The van der Waals surface area contributed by atoms with Crippen LogP contribution in [-0.4, -0.2) is 35.8 Å². The lowest BCUT2D eigenvalue weighted by molar-refractivity contribution is 0.186. The Hall–Kier alpha value is 0.350. The van der Waals surface area contributed by atoms with Gasteiger partial charge in [0.1, 0.15) is 0 Å². The van der Waals surface area contributed by atoms with Crippen molar-refractivity contribution in [2.24, 2.45) is 0 Å². The standard InChI is InChI=1S/C36H75P.C2H6O2/c1-3-5-7-9-11-13-15-17-19-21-23-25-27-29-31-33-35-37-36-34-32-30-28-26-24-22-20-18-16-14-12-10-8-6-4-2;3-1-2-4/h37H,3-36H2,1-2H3;3-4H,1-2H2. The Labute approximate surface area is 263 Å². The first-order valence-corrected chi connectivity index (χ1v) is 20.7. The molecule has 0 aliphatic heterocycles. The van der Waals surface area contributed by atoms with Crippen LogP contribution in [0.2, 0.25) is 0 Å². The lowest BCUT2D eigenvalue weighted by Crippen LogP contribution is -1.86. The summed E-state index contributed by atoms with van der Waals surface area (Å²) in [7, 11) is 1.25. The highest BCUT2D eigenvalue weighted by Crippen LogP contribution is 2.19. The molecule has 0 aliphatic carbocycles. The summed E-state index contributed by atoms with van der Waals surface area (Å²) < 4.78 is 0. The fraction of sp³-hybridized carbons (Fsp3) is 1.00. The summed E-state index contributed by atoms with van der Waals surface area (Å²) >= 11 is 0. The highest BCUT2D eigenvalue weighted by Gasteiger charge is 1.97. The highest BCUT2D eigenvalue weighted by atomic mass is 31.1. The van der Waals surface area contributed by atoms with Gasteiger partial charge in [0.05, 0.1) is 13.2 Å². The van der Waals surface area contributed by atoms with Crippen LogP contribution in [0.4, 0.5) is 0 Å². The van der Waals surface area contributed by atoms with Gasteiger partial charge in [-0.25, -0.2) is 0 Å². The van der Waals surface area contributed by atoms with Gasteiger partial charge < -0.3 is 10.2 Å². The van der Waals surface area contributed by atoms with Crippen LogP contribution in [0, 0.1) is 0 Å². The zero-order valence-corrected chi connectivity index (χ0v) is 29.9. The molecule has 0 unspecified atom stereocenters. The normalized spacial score (nSPS) is 11.1. The van der Waals surface area contributed by atoms with E-state index in [2.05, 4.69) is 13.8 Å². The largest absolute Gasteiger partial charge is 0.394 e. The molecule has 0 atom stereocenters. The van der Waals surface area contributed by atoms with Crippen molar-refractivity contribution in [3.63, 3.8) is 0 Å². The Kier molecular flexibility index (Phi) is 47.5. The van der Waals surface area contributed by atoms with Gasteiger partial charge in [0.2, 0.25) is 0 Å². The van der Waals surface area contributed by atoms with E-state index in [9.17, 15) is 0 Å². The number of aliphatic hydroxyl groups is 2. The quantitative estimate of drug-likeness (QED) is 0.0561. The second-order valence-corrected chi connectivity index (χ2v) is 14.3. The molecule has 0 amide bonds. The van der Waals surface area contributed by atoms with E-state index in [-0.39, 0.29) is 13.2 Å². The molecule has 41 heavy (non-hydrogen) atoms. The van der Waals surface area contributed by atoms with Crippen LogP contribution in [0.1, 0.15) is 219 Å². The van der Waals surface area contributed by atoms with E-state index in [4.69, 9.17) is 10.2 Å². The van der Waals surface area contributed by atoms with Gasteiger partial charge in [-0.05, 0) is 25.2 Å². The molecule has 2 nitrogen and oxygen atoms in total. The Morgan fingerprint density at radius 2 is 0.439 bits per heavy atom. The Morgan fingerprint density at radius 1 is 0.268 bits per heavy atom. The molecule has 0 bridgehead atoms. The fourth-order valence-electron chi connectivity index (χ4n) is 5.72. The van der Waals surface area contributed by atoms with E-state index in [0.29, 0.717) is 0 Å². The van der Waals surface area contributed by atoms with Crippen molar-refractivity contribution in [1.29, 1.82) is 0 Å². The molecule has 0 aromatic carbocycles. The fourth-order valence-corrected chi connectivity index (χ4v) is 6.97. The van der Waals surface area contributed by atoms with E-state index in [1.54, 1.807) is 0 Å². The molecule has 3 heteroatoms. The topological polar surface area (TPSA) is 40.5 Å². The number of rotatable bonds is 35. The highest BCUT2D eigenvalue weighted by molar-refractivity contribution is 7.37. The summed E-state index contributed by atoms with van der Waals surface area (Å²) in [6.45, 7) is 4.37. The maximum absolute atomic E-state index is 7.62. The van der Waals surface area contributed by atoms with Gasteiger partial charge in [-0.15, -0.1) is 8.58 Å². The number of unbranched alkanes of at least 4 members (excludes halogenated alkanes) is 30. The molecule has 0 fully saturated rings. The Bertz CT molecular complexity index is 368. The van der Waals surface area contributed by atoms with E-state index in [0.717, 1.165) is 0 Å².